The molecule has 0 amide bonds. The number of halogens is 2. The number of ketones is 1. The molecule has 0 N–H and O–H groups in total. The molecule has 4 heteroatoms. The first-order chi connectivity index (χ1) is 8.04. The molecular weight excluding hydrogens is 275 g/mol. The van der Waals surface area contributed by atoms with Crippen molar-refractivity contribution in [3.05, 3.63) is 33.8 Å². The van der Waals surface area contributed by atoms with Crippen LogP contribution < -0.4 is 0 Å². The quantitative estimate of drug-likeness (QED) is 0.689. The third-order valence-corrected chi connectivity index (χ3v) is 4.58. The molecule has 1 nitrogen and oxygen atoms in total. The molecule has 1 unspecified atom stereocenters. The van der Waals surface area contributed by atoms with Gasteiger partial charge in [-0.05, 0) is 29.9 Å². The summed E-state index contributed by atoms with van der Waals surface area (Å²) in [4.78, 5) is 11.9. The standard InChI is InChI=1S/C13H16Cl2OS/c1-3-9(2)7-17-8-13(16)10-4-5-11(14)12(15)6-10/h4-6,9H,3,7-8H2,1-2H3. The van der Waals surface area contributed by atoms with Gasteiger partial charge in [0, 0.05) is 5.56 Å². The van der Waals surface area contributed by atoms with Crippen LogP contribution in [0.1, 0.15) is 30.6 Å². The number of thioether (sulfide) groups is 1. The van der Waals surface area contributed by atoms with Crippen molar-refractivity contribution >= 4 is 40.7 Å². The van der Waals surface area contributed by atoms with Crippen molar-refractivity contribution in [2.45, 2.75) is 20.3 Å². The largest absolute Gasteiger partial charge is 0.293 e. The van der Waals surface area contributed by atoms with Gasteiger partial charge in [-0.25, -0.2) is 0 Å². The van der Waals surface area contributed by atoms with E-state index in [4.69, 9.17) is 23.2 Å². The maximum Gasteiger partial charge on any atom is 0.172 e. The predicted octanol–water partition coefficient (Wildman–Crippen LogP) is 4.96. The smallest absolute Gasteiger partial charge is 0.172 e. The molecule has 0 saturated heterocycles. The number of Topliss-reactive ketones (excluding diaryl/α,β-unsaturated/α-hetero) is 1. The molecule has 0 aliphatic carbocycles. The Morgan fingerprint density at radius 1 is 1.35 bits per heavy atom. The van der Waals surface area contributed by atoms with Gasteiger partial charge < -0.3 is 0 Å². The van der Waals surface area contributed by atoms with E-state index in [1.807, 2.05) is 0 Å². The lowest BCUT2D eigenvalue weighted by Crippen LogP contribution is -2.05. The molecule has 1 aromatic carbocycles. The normalized spacial score (nSPS) is 12.5. The third-order valence-electron chi connectivity index (χ3n) is 2.57. The minimum Gasteiger partial charge on any atom is -0.293 e. The van der Waals surface area contributed by atoms with Crippen LogP contribution in [-0.4, -0.2) is 17.3 Å². The van der Waals surface area contributed by atoms with E-state index in [2.05, 4.69) is 13.8 Å². The molecule has 0 aliphatic rings. The van der Waals surface area contributed by atoms with Crippen LogP contribution in [0.5, 0.6) is 0 Å². The van der Waals surface area contributed by atoms with Crippen LogP contribution in [0.15, 0.2) is 18.2 Å². The molecule has 0 fully saturated rings. The number of carbonyl (C=O) groups excluding carboxylic acids is 1. The Balaban J connectivity index is 2.50. The van der Waals surface area contributed by atoms with E-state index in [9.17, 15) is 4.79 Å². The Morgan fingerprint density at radius 3 is 2.65 bits per heavy atom. The minimum atomic E-state index is 0.108. The summed E-state index contributed by atoms with van der Waals surface area (Å²) in [7, 11) is 0. The highest BCUT2D eigenvalue weighted by Gasteiger charge is 2.09. The Kier molecular flexibility index (Phi) is 6.39. The van der Waals surface area contributed by atoms with Crippen LogP contribution in [0.25, 0.3) is 0 Å². The highest BCUT2D eigenvalue weighted by atomic mass is 35.5. The van der Waals surface area contributed by atoms with Crippen LogP contribution in [-0.2, 0) is 0 Å². The van der Waals surface area contributed by atoms with Crippen LogP contribution in [0.4, 0.5) is 0 Å². The monoisotopic (exact) mass is 290 g/mol. The first-order valence-corrected chi connectivity index (χ1v) is 7.51. The molecule has 0 bridgehead atoms. The average Bonchev–Trinajstić information content (AvgIpc) is 2.32. The molecule has 1 atom stereocenters. The highest BCUT2D eigenvalue weighted by molar-refractivity contribution is 7.99. The van der Waals surface area contributed by atoms with Crippen molar-refractivity contribution in [1.29, 1.82) is 0 Å². The van der Waals surface area contributed by atoms with Gasteiger partial charge in [0.1, 0.15) is 0 Å². The second-order valence-electron chi connectivity index (χ2n) is 4.08. The third kappa shape index (κ3) is 4.90. The van der Waals surface area contributed by atoms with Gasteiger partial charge in [0.05, 0.1) is 15.8 Å². The van der Waals surface area contributed by atoms with Gasteiger partial charge in [-0.15, -0.1) is 0 Å². The molecule has 0 aromatic heterocycles. The SMILES string of the molecule is CCC(C)CSCC(=O)c1ccc(Cl)c(Cl)c1. The summed E-state index contributed by atoms with van der Waals surface area (Å²) in [6.07, 6.45) is 1.15. The first kappa shape index (κ1) is 14.9. The van der Waals surface area contributed by atoms with Gasteiger partial charge >= 0.3 is 0 Å². The fraction of sp³-hybridized carbons (Fsp3) is 0.462. The average molecular weight is 291 g/mol. The van der Waals surface area contributed by atoms with Crippen molar-refractivity contribution in [2.75, 3.05) is 11.5 Å². The summed E-state index contributed by atoms with van der Waals surface area (Å²) in [6.45, 7) is 4.35. The Labute approximate surface area is 117 Å². The summed E-state index contributed by atoms with van der Waals surface area (Å²) in [6, 6.07) is 5.02. The van der Waals surface area contributed by atoms with Gasteiger partial charge in [0.25, 0.3) is 0 Å². The molecule has 17 heavy (non-hydrogen) atoms. The topological polar surface area (TPSA) is 17.1 Å². The zero-order valence-electron chi connectivity index (χ0n) is 10.0. The number of carbonyl (C=O) groups is 1. The number of benzene rings is 1. The fourth-order valence-electron chi connectivity index (χ4n) is 1.22. The second kappa shape index (κ2) is 7.30. The van der Waals surface area contributed by atoms with Crippen LogP contribution in [0, 0.1) is 5.92 Å². The minimum absolute atomic E-state index is 0.108. The number of rotatable bonds is 6. The lowest BCUT2D eigenvalue weighted by molar-refractivity contribution is 0.102. The summed E-state index contributed by atoms with van der Waals surface area (Å²) >= 11 is 13.3. The summed E-state index contributed by atoms with van der Waals surface area (Å²) in [5.41, 5.74) is 0.635. The van der Waals surface area contributed by atoms with Crippen LogP contribution >= 0.6 is 35.0 Å². The predicted molar refractivity (Wildman–Crippen MR) is 77.6 cm³/mol. The van der Waals surface area contributed by atoms with Crippen LogP contribution in [0.3, 0.4) is 0 Å². The van der Waals surface area contributed by atoms with Crippen molar-refractivity contribution in [2.24, 2.45) is 5.92 Å². The summed E-state index contributed by atoms with van der Waals surface area (Å²) < 4.78 is 0. The molecule has 0 radical (unpaired) electrons. The van der Waals surface area contributed by atoms with Crippen molar-refractivity contribution in [1.82, 2.24) is 0 Å². The molecule has 0 saturated carbocycles. The summed E-state index contributed by atoms with van der Waals surface area (Å²) in [5, 5.41) is 0.917. The van der Waals surface area contributed by atoms with E-state index in [1.54, 1.807) is 30.0 Å². The highest BCUT2D eigenvalue weighted by Crippen LogP contribution is 2.23. The molecule has 1 rings (SSSR count). The van der Waals surface area contributed by atoms with E-state index in [0.29, 0.717) is 27.3 Å². The molecule has 94 valence electrons. The van der Waals surface area contributed by atoms with Gasteiger partial charge in [-0.1, -0.05) is 43.5 Å². The molecule has 0 aliphatic heterocycles. The Morgan fingerprint density at radius 2 is 2.06 bits per heavy atom. The maximum atomic E-state index is 11.9. The molecule has 1 aromatic rings. The zero-order chi connectivity index (χ0) is 12.8. The van der Waals surface area contributed by atoms with Gasteiger partial charge in [-0.2, -0.15) is 11.8 Å². The lowest BCUT2D eigenvalue weighted by atomic mass is 10.1. The van der Waals surface area contributed by atoms with Crippen LogP contribution in [0.2, 0.25) is 10.0 Å². The number of hydrogen-bond acceptors (Lipinski definition) is 2. The van der Waals surface area contributed by atoms with Gasteiger partial charge in [0.15, 0.2) is 5.78 Å². The number of hydrogen-bond donors (Lipinski definition) is 0. The second-order valence-corrected chi connectivity index (χ2v) is 5.93. The van der Waals surface area contributed by atoms with E-state index in [-0.39, 0.29) is 5.78 Å². The lowest BCUT2D eigenvalue weighted by Gasteiger charge is -2.07. The Bertz CT molecular complexity index is 393. The maximum absolute atomic E-state index is 11.9. The molecular formula is C13H16Cl2OS. The Hall–Kier alpha value is -0.180. The van der Waals surface area contributed by atoms with E-state index in [1.165, 1.54) is 0 Å². The van der Waals surface area contributed by atoms with Crippen molar-refractivity contribution in [3.8, 4) is 0 Å². The van der Waals surface area contributed by atoms with E-state index in [0.717, 1.165) is 12.2 Å². The van der Waals surface area contributed by atoms with Gasteiger partial charge in [-0.3, -0.25) is 4.79 Å². The molecule has 0 heterocycles. The van der Waals surface area contributed by atoms with E-state index < -0.39 is 0 Å². The van der Waals surface area contributed by atoms with E-state index >= 15 is 0 Å². The zero-order valence-corrected chi connectivity index (χ0v) is 12.3. The summed E-state index contributed by atoms with van der Waals surface area (Å²) in [5.74, 6) is 2.28. The van der Waals surface area contributed by atoms with Crippen molar-refractivity contribution in [3.63, 3.8) is 0 Å². The van der Waals surface area contributed by atoms with Crippen molar-refractivity contribution < 1.29 is 4.79 Å². The first-order valence-electron chi connectivity index (χ1n) is 5.60. The van der Waals surface area contributed by atoms with Gasteiger partial charge in [0.2, 0.25) is 0 Å². The molecule has 0 spiro atoms. The fourth-order valence-corrected chi connectivity index (χ4v) is 2.63.